The summed E-state index contributed by atoms with van der Waals surface area (Å²) in [6, 6.07) is 6.64. The second-order valence-corrected chi connectivity index (χ2v) is 10.1. The first-order valence-electron chi connectivity index (χ1n) is 10.5. The van der Waals surface area contributed by atoms with Crippen LogP contribution in [0.15, 0.2) is 18.2 Å². The Morgan fingerprint density at radius 2 is 1.83 bits per heavy atom. The van der Waals surface area contributed by atoms with E-state index in [1.165, 1.54) is 16.8 Å². The third-order valence-electron chi connectivity index (χ3n) is 5.65. The van der Waals surface area contributed by atoms with E-state index in [2.05, 4.69) is 41.8 Å². The molecule has 0 aliphatic carbocycles. The average molecular weight is 442 g/mol. The quantitative estimate of drug-likeness (QED) is 0.691. The standard InChI is InChI=1S/C20H33N3O3S.CH2O2/c1-4-27(24,25)23-11-12-26-16-19(15-23)14-21-7-9-22(10-8-21)20-13-17(2)5-6-18(20)3;2-1-3/h5-6,13,19H,4,7-12,14-16H2,1-3H3;1H,(H,2,3). The number of anilines is 1. The lowest BCUT2D eigenvalue weighted by Gasteiger charge is -2.38. The van der Waals surface area contributed by atoms with Gasteiger partial charge in [-0.15, -0.1) is 0 Å². The Bertz CT molecular complexity index is 779. The molecule has 2 heterocycles. The fourth-order valence-electron chi connectivity index (χ4n) is 3.99. The van der Waals surface area contributed by atoms with Crippen molar-refractivity contribution in [3.63, 3.8) is 0 Å². The van der Waals surface area contributed by atoms with Crippen LogP contribution in [0.3, 0.4) is 0 Å². The first-order chi connectivity index (χ1) is 14.3. The highest BCUT2D eigenvalue weighted by atomic mass is 32.2. The number of carbonyl (C=O) groups is 1. The second kappa shape index (κ2) is 11.6. The Hall–Kier alpha value is -1.68. The molecule has 30 heavy (non-hydrogen) atoms. The molecule has 2 saturated heterocycles. The molecule has 0 aromatic heterocycles. The molecule has 0 radical (unpaired) electrons. The lowest BCUT2D eigenvalue weighted by atomic mass is 10.1. The van der Waals surface area contributed by atoms with Crippen molar-refractivity contribution < 1.29 is 23.1 Å². The highest BCUT2D eigenvalue weighted by Crippen LogP contribution is 2.23. The van der Waals surface area contributed by atoms with Crippen LogP contribution >= 0.6 is 0 Å². The van der Waals surface area contributed by atoms with Crippen LogP contribution < -0.4 is 4.90 Å². The molecule has 1 atom stereocenters. The number of benzene rings is 1. The summed E-state index contributed by atoms with van der Waals surface area (Å²) in [6.45, 7) is 12.9. The largest absolute Gasteiger partial charge is 0.483 e. The van der Waals surface area contributed by atoms with Crippen molar-refractivity contribution in [3.8, 4) is 0 Å². The zero-order valence-electron chi connectivity index (χ0n) is 18.3. The Labute approximate surface area is 180 Å². The fourth-order valence-corrected chi connectivity index (χ4v) is 5.15. The van der Waals surface area contributed by atoms with E-state index in [4.69, 9.17) is 14.6 Å². The lowest BCUT2D eigenvalue weighted by molar-refractivity contribution is -0.122. The Kier molecular flexibility index (Phi) is 9.54. The Balaban J connectivity index is 0.00000101. The number of sulfonamides is 1. The number of hydrogen-bond acceptors (Lipinski definition) is 6. The molecule has 2 fully saturated rings. The molecule has 2 aliphatic heterocycles. The van der Waals surface area contributed by atoms with Crippen LogP contribution in [0.25, 0.3) is 0 Å². The molecule has 9 heteroatoms. The highest BCUT2D eigenvalue weighted by Gasteiger charge is 2.28. The van der Waals surface area contributed by atoms with Crippen molar-refractivity contribution in [1.29, 1.82) is 0 Å². The van der Waals surface area contributed by atoms with E-state index in [-0.39, 0.29) is 18.1 Å². The topological polar surface area (TPSA) is 90.4 Å². The molecule has 1 aromatic rings. The Morgan fingerprint density at radius 3 is 2.47 bits per heavy atom. The van der Waals surface area contributed by atoms with Gasteiger partial charge >= 0.3 is 0 Å². The molecule has 1 aromatic carbocycles. The molecule has 2 aliphatic rings. The summed E-state index contributed by atoms with van der Waals surface area (Å²) in [6.07, 6.45) is 0. The van der Waals surface area contributed by atoms with Gasteiger partial charge < -0.3 is 14.7 Å². The summed E-state index contributed by atoms with van der Waals surface area (Å²) in [5, 5.41) is 6.89. The van der Waals surface area contributed by atoms with Gasteiger partial charge in [-0.05, 0) is 38.0 Å². The van der Waals surface area contributed by atoms with Gasteiger partial charge in [0.2, 0.25) is 10.0 Å². The summed E-state index contributed by atoms with van der Waals surface area (Å²) in [5.41, 5.74) is 3.96. The van der Waals surface area contributed by atoms with Gasteiger partial charge in [0, 0.05) is 57.4 Å². The summed E-state index contributed by atoms with van der Waals surface area (Å²) in [4.78, 5) is 13.3. The summed E-state index contributed by atoms with van der Waals surface area (Å²) < 4.78 is 31.8. The normalized spacial score (nSPS) is 21.4. The van der Waals surface area contributed by atoms with Gasteiger partial charge in [0.1, 0.15) is 0 Å². The summed E-state index contributed by atoms with van der Waals surface area (Å²) in [7, 11) is -3.15. The van der Waals surface area contributed by atoms with Crippen molar-refractivity contribution in [1.82, 2.24) is 9.21 Å². The van der Waals surface area contributed by atoms with Crippen molar-refractivity contribution in [2.75, 3.05) is 69.7 Å². The van der Waals surface area contributed by atoms with Crippen LogP contribution in [-0.2, 0) is 19.6 Å². The van der Waals surface area contributed by atoms with Gasteiger partial charge in [-0.3, -0.25) is 9.69 Å². The zero-order valence-corrected chi connectivity index (χ0v) is 19.1. The van der Waals surface area contributed by atoms with E-state index >= 15 is 0 Å². The maximum Gasteiger partial charge on any atom is 0.290 e. The van der Waals surface area contributed by atoms with Gasteiger partial charge in [0.25, 0.3) is 6.47 Å². The maximum atomic E-state index is 12.3. The summed E-state index contributed by atoms with van der Waals surface area (Å²) in [5.74, 6) is 0.398. The van der Waals surface area contributed by atoms with Crippen LogP contribution in [0, 0.1) is 19.8 Å². The first-order valence-corrected chi connectivity index (χ1v) is 12.1. The molecule has 170 valence electrons. The third-order valence-corrected chi connectivity index (χ3v) is 7.50. The lowest BCUT2D eigenvalue weighted by Crippen LogP contribution is -2.49. The molecule has 1 N–H and O–H groups in total. The molecular formula is C21H35N3O5S. The fraction of sp³-hybridized carbons (Fsp3) is 0.667. The van der Waals surface area contributed by atoms with Crippen LogP contribution in [-0.4, -0.2) is 94.0 Å². The van der Waals surface area contributed by atoms with E-state index in [0.29, 0.717) is 26.3 Å². The van der Waals surface area contributed by atoms with Gasteiger partial charge in [-0.25, -0.2) is 8.42 Å². The molecule has 1 unspecified atom stereocenters. The SMILES string of the molecule is CCS(=O)(=O)N1CCOCC(CN2CCN(c3cc(C)ccc3C)CC2)C1.O=CO. The monoisotopic (exact) mass is 441 g/mol. The number of ether oxygens (including phenoxy) is 1. The van der Waals surface area contributed by atoms with E-state index in [1.54, 1.807) is 11.2 Å². The molecule has 0 amide bonds. The average Bonchev–Trinajstić information content (AvgIpc) is 2.97. The van der Waals surface area contributed by atoms with Gasteiger partial charge in [-0.1, -0.05) is 12.1 Å². The minimum absolute atomic E-state index is 0.161. The van der Waals surface area contributed by atoms with Crippen LogP contribution in [0.2, 0.25) is 0 Å². The minimum atomic E-state index is -3.15. The molecule has 0 saturated carbocycles. The predicted molar refractivity (Wildman–Crippen MR) is 119 cm³/mol. The van der Waals surface area contributed by atoms with Crippen LogP contribution in [0.4, 0.5) is 5.69 Å². The molecule has 8 nitrogen and oxygen atoms in total. The molecule has 0 spiro atoms. The minimum Gasteiger partial charge on any atom is -0.483 e. The van der Waals surface area contributed by atoms with E-state index < -0.39 is 10.0 Å². The van der Waals surface area contributed by atoms with Crippen LogP contribution in [0.1, 0.15) is 18.1 Å². The number of piperazine rings is 1. The van der Waals surface area contributed by atoms with Crippen molar-refractivity contribution >= 4 is 22.2 Å². The van der Waals surface area contributed by atoms with Gasteiger partial charge in [-0.2, -0.15) is 4.31 Å². The molecule has 3 rings (SSSR count). The zero-order chi connectivity index (χ0) is 22.1. The van der Waals surface area contributed by atoms with Crippen LogP contribution in [0.5, 0.6) is 0 Å². The van der Waals surface area contributed by atoms with Gasteiger partial charge in [0.05, 0.1) is 19.0 Å². The first kappa shape index (κ1) is 24.6. The van der Waals surface area contributed by atoms with E-state index in [1.807, 2.05) is 0 Å². The number of rotatable bonds is 5. The van der Waals surface area contributed by atoms with E-state index in [9.17, 15) is 8.42 Å². The molecular weight excluding hydrogens is 406 g/mol. The van der Waals surface area contributed by atoms with Crippen molar-refractivity contribution in [3.05, 3.63) is 29.3 Å². The Morgan fingerprint density at radius 1 is 1.17 bits per heavy atom. The van der Waals surface area contributed by atoms with Crippen molar-refractivity contribution in [2.24, 2.45) is 5.92 Å². The number of carboxylic acid groups (broad SMARTS) is 1. The molecule has 0 bridgehead atoms. The number of nitrogens with zero attached hydrogens (tertiary/aromatic N) is 3. The number of aryl methyl sites for hydroxylation is 2. The maximum absolute atomic E-state index is 12.3. The highest BCUT2D eigenvalue weighted by molar-refractivity contribution is 7.89. The van der Waals surface area contributed by atoms with Gasteiger partial charge in [0.15, 0.2) is 0 Å². The van der Waals surface area contributed by atoms with Crippen molar-refractivity contribution in [2.45, 2.75) is 20.8 Å². The third kappa shape index (κ3) is 6.94. The number of hydrogen-bond donors (Lipinski definition) is 1. The summed E-state index contributed by atoms with van der Waals surface area (Å²) >= 11 is 0. The smallest absolute Gasteiger partial charge is 0.290 e. The predicted octanol–water partition coefficient (Wildman–Crippen LogP) is 1.42. The van der Waals surface area contributed by atoms with E-state index in [0.717, 1.165) is 32.7 Å². The second-order valence-electron chi connectivity index (χ2n) is 7.88.